The van der Waals surface area contributed by atoms with Gasteiger partial charge in [0, 0.05) is 6.61 Å². The lowest BCUT2D eigenvalue weighted by molar-refractivity contribution is -0.0535. The predicted octanol–water partition coefficient (Wildman–Crippen LogP) is 13.1. The molecule has 4 rings (SSSR count). The highest BCUT2D eigenvalue weighted by atomic mass is 32.2. The van der Waals surface area contributed by atoms with Crippen molar-refractivity contribution in [3.05, 3.63) is 138 Å². The average Bonchev–Trinajstić information content (AvgIpc) is 3.21. The van der Waals surface area contributed by atoms with Crippen LogP contribution in [0.2, 0.25) is 0 Å². The SMILES string of the molecule is CCCCCCCCCCCCCCCCCCCCOCC(COC(c1ccccc1)(c1ccccc1)c1ccccc1)OS(=O)(=O)c1ccc(C)cc1. The molecular formula is C49H68O5S. The van der Waals surface area contributed by atoms with Crippen molar-refractivity contribution >= 4 is 10.1 Å². The van der Waals surface area contributed by atoms with Crippen molar-refractivity contribution in [2.75, 3.05) is 19.8 Å². The first-order valence-corrected chi connectivity index (χ1v) is 22.7. The van der Waals surface area contributed by atoms with Crippen molar-refractivity contribution in [1.29, 1.82) is 0 Å². The highest BCUT2D eigenvalue weighted by Crippen LogP contribution is 2.40. The maximum atomic E-state index is 13.6. The second-order valence-electron chi connectivity index (χ2n) is 15.2. The number of ether oxygens (including phenoxy) is 2. The van der Waals surface area contributed by atoms with Crippen molar-refractivity contribution < 1.29 is 22.1 Å². The summed E-state index contributed by atoms with van der Waals surface area (Å²) in [5.41, 5.74) is 2.78. The van der Waals surface area contributed by atoms with Gasteiger partial charge >= 0.3 is 0 Å². The molecule has 0 spiro atoms. The van der Waals surface area contributed by atoms with Crippen LogP contribution in [-0.4, -0.2) is 34.3 Å². The summed E-state index contributed by atoms with van der Waals surface area (Å²) >= 11 is 0. The zero-order valence-corrected chi connectivity index (χ0v) is 34.7. The third-order valence-electron chi connectivity index (χ3n) is 10.5. The maximum absolute atomic E-state index is 13.6. The van der Waals surface area contributed by atoms with E-state index in [0.717, 1.165) is 35.1 Å². The first-order valence-electron chi connectivity index (χ1n) is 21.3. The van der Waals surface area contributed by atoms with Crippen LogP contribution in [0.25, 0.3) is 0 Å². The van der Waals surface area contributed by atoms with E-state index in [9.17, 15) is 8.42 Å². The molecule has 0 radical (unpaired) electrons. The highest BCUT2D eigenvalue weighted by Gasteiger charge is 2.39. The Morgan fingerprint density at radius 2 is 0.873 bits per heavy atom. The molecule has 0 saturated heterocycles. The molecule has 0 N–H and O–H groups in total. The Hall–Kier alpha value is -3.29. The van der Waals surface area contributed by atoms with E-state index in [1.54, 1.807) is 24.3 Å². The van der Waals surface area contributed by atoms with Crippen LogP contribution >= 0.6 is 0 Å². The van der Waals surface area contributed by atoms with Crippen LogP contribution in [0.5, 0.6) is 0 Å². The lowest BCUT2D eigenvalue weighted by atomic mass is 9.80. The highest BCUT2D eigenvalue weighted by molar-refractivity contribution is 7.86. The van der Waals surface area contributed by atoms with E-state index in [-0.39, 0.29) is 18.1 Å². The number of hydrogen-bond donors (Lipinski definition) is 0. The van der Waals surface area contributed by atoms with Gasteiger partial charge in [0.15, 0.2) is 0 Å². The quantitative estimate of drug-likeness (QED) is 0.0300. The number of hydrogen-bond acceptors (Lipinski definition) is 5. The fourth-order valence-electron chi connectivity index (χ4n) is 7.35. The van der Waals surface area contributed by atoms with Crippen LogP contribution in [0.4, 0.5) is 0 Å². The van der Waals surface area contributed by atoms with Crippen LogP contribution in [0.1, 0.15) is 145 Å². The summed E-state index contributed by atoms with van der Waals surface area (Å²) in [5, 5.41) is 0. The van der Waals surface area contributed by atoms with Crippen LogP contribution in [0, 0.1) is 6.92 Å². The summed E-state index contributed by atoms with van der Waals surface area (Å²) in [5.74, 6) is 0. The van der Waals surface area contributed by atoms with Crippen molar-refractivity contribution in [2.24, 2.45) is 0 Å². The Bertz CT molecular complexity index is 1550. The molecule has 5 nitrogen and oxygen atoms in total. The van der Waals surface area contributed by atoms with Crippen LogP contribution in [0.15, 0.2) is 120 Å². The summed E-state index contributed by atoms with van der Waals surface area (Å²) in [6.45, 7) is 4.84. The Balaban J connectivity index is 1.27. The molecule has 0 aliphatic carbocycles. The van der Waals surface area contributed by atoms with E-state index >= 15 is 0 Å². The van der Waals surface area contributed by atoms with E-state index < -0.39 is 21.8 Å². The lowest BCUT2D eigenvalue weighted by Crippen LogP contribution is -2.38. The van der Waals surface area contributed by atoms with E-state index in [2.05, 4.69) is 6.92 Å². The molecule has 0 fully saturated rings. The standard InChI is InChI=1S/C49H68O5S/c1-3-4-5-6-7-8-9-10-11-12-13-14-15-16-17-18-19-29-40-52-41-47(54-55(50,51)48-38-36-43(2)37-39-48)42-53-49(44-30-23-20-24-31-44,45-32-25-21-26-33-45)46-34-27-22-28-35-46/h20-28,30-39,47H,3-19,29,40-42H2,1-2H3. The third-order valence-corrected chi connectivity index (χ3v) is 11.9. The van der Waals surface area contributed by atoms with Gasteiger partial charge in [-0.1, -0.05) is 225 Å². The van der Waals surface area contributed by atoms with Gasteiger partial charge in [-0.3, -0.25) is 4.18 Å². The van der Waals surface area contributed by atoms with Crippen molar-refractivity contribution in [2.45, 2.75) is 146 Å². The Morgan fingerprint density at radius 3 is 1.27 bits per heavy atom. The van der Waals surface area contributed by atoms with Crippen LogP contribution < -0.4 is 0 Å². The van der Waals surface area contributed by atoms with E-state index in [1.165, 1.54) is 103 Å². The lowest BCUT2D eigenvalue weighted by Gasteiger charge is -2.37. The molecule has 300 valence electrons. The minimum absolute atomic E-state index is 0.0110. The Kier molecular flexibility index (Phi) is 20.8. The zero-order chi connectivity index (χ0) is 38.9. The summed E-state index contributed by atoms with van der Waals surface area (Å²) in [7, 11) is -4.07. The van der Waals surface area contributed by atoms with Gasteiger partial charge in [-0.15, -0.1) is 0 Å². The molecule has 4 aromatic carbocycles. The van der Waals surface area contributed by atoms with Gasteiger partial charge < -0.3 is 9.47 Å². The van der Waals surface area contributed by atoms with Crippen molar-refractivity contribution in [3.8, 4) is 0 Å². The largest absolute Gasteiger partial charge is 0.379 e. The first-order chi connectivity index (χ1) is 27.0. The van der Waals surface area contributed by atoms with E-state index in [1.807, 2.05) is 97.9 Å². The predicted molar refractivity (Wildman–Crippen MR) is 228 cm³/mol. The normalized spacial score (nSPS) is 12.5. The Morgan fingerprint density at radius 1 is 0.491 bits per heavy atom. The van der Waals surface area contributed by atoms with Gasteiger partial charge in [0.05, 0.1) is 18.1 Å². The van der Waals surface area contributed by atoms with Gasteiger partial charge in [-0.05, 0) is 42.2 Å². The minimum Gasteiger partial charge on any atom is -0.379 e. The maximum Gasteiger partial charge on any atom is 0.297 e. The molecule has 0 aromatic heterocycles. The zero-order valence-electron chi connectivity index (χ0n) is 33.8. The molecule has 0 aliphatic heterocycles. The smallest absolute Gasteiger partial charge is 0.297 e. The molecule has 1 unspecified atom stereocenters. The molecule has 4 aromatic rings. The number of rotatable bonds is 30. The molecule has 55 heavy (non-hydrogen) atoms. The fourth-order valence-corrected chi connectivity index (χ4v) is 8.40. The number of aryl methyl sites for hydroxylation is 1. The summed E-state index contributed by atoms with van der Waals surface area (Å²) in [4.78, 5) is 0.118. The molecule has 0 aliphatic rings. The van der Waals surface area contributed by atoms with Crippen molar-refractivity contribution in [1.82, 2.24) is 0 Å². The first kappa shape index (κ1) is 44.4. The van der Waals surface area contributed by atoms with Gasteiger partial charge in [-0.25, -0.2) is 0 Å². The summed E-state index contributed by atoms with van der Waals surface area (Å²) < 4.78 is 46.2. The number of unbranched alkanes of at least 4 members (excludes halogenated alkanes) is 17. The molecule has 0 saturated carbocycles. The molecule has 0 amide bonds. The average molecular weight is 769 g/mol. The minimum atomic E-state index is -4.07. The second kappa shape index (κ2) is 25.8. The summed E-state index contributed by atoms with van der Waals surface area (Å²) in [6.07, 6.45) is 23.0. The number of benzene rings is 4. The van der Waals surface area contributed by atoms with Crippen molar-refractivity contribution in [3.63, 3.8) is 0 Å². The van der Waals surface area contributed by atoms with Gasteiger partial charge in [0.1, 0.15) is 11.7 Å². The monoisotopic (exact) mass is 768 g/mol. The van der Waals surface area contributed by atoms with Gasteiger partial charge in [-0.2, -0.15) is 8.42 Å². The summed E-state index contributed by atoms with van der Waals surface area (Å²) in [6, 6.07) is 37.0. The van der Waals surface area contributed by atoms with Gasteiger partial charge in [0.25, 0.3) is 10.1 Å². The fraction of sp³-hybridized carbons (Fsp3) is 0.510. The molecule has 6 heteroatoms. The van der Waals surface area contributed by atoms with Crippen LogP contribution in [-0.2, 0) is 29.4 Å². The van der Waals surface area contributed by atoms with E-state index in [0.29, 0.717) is 6.61 Å². The van der Waals surface area contributed by atoms with Crippen LogP contribution in [0.3, 0.4) is 0 Å². The molecule has 0 bridgehead atoms. The second-order valence-corrected chi connectivity index (χ2v) is 16.7. The molecular weight excluding hydrogens is 701 g/mol. The molecule has 1 atom stereocenters. The third kappa shape index (κ3) is 15.6. The van der Waals surface area contributed by atoms with Gasteiger partial charge in [0.2, 0.25) is 0 Å². The van der Waals surface area contributed by atoms with E-state index in [4.69, 9.17) is 13.7 Å². The molecule has 0 heterocycles. The topological polar surface area (TPSA) is 61.8 Å². The Labute approximate surface area is 334 Å².